The van der Waals surface area contributed by atoms with E-state index in [2.05, 4.69) is 53.2 Å². The zero-order valence-electron chi connectivity index (χ0n) is 30.3. The van der Waals surface area contributed by atoms with Crippen molar-refractivity contribution in [1.29, 1.82) is 0 Å². The third kappa shape index (κ3) is 7.70. The predicted molar refractivity (Wildman–Crippen MR) is 204 cm³/mol. The topological polar surface area (TPSA) is 129 Å². The van der Waals surface area contributed by atoms with Gasteiger partial charge in [-0.25, -0.2) is 0 Å². The van der Waals surface area contributed by atoms with Crippen LogP contribution in [0.1, 0.15) is 45.6 Å². The second kappa shape index (κ2) is 17.2. The Labute approximate surface area is 315 Å². The van der Waals surface area contributed by atoms with Gasteiger partial charge in [-0.05, 0) is 69.9 Å². The maximum atomic E-state index is 15.1. The number of rotatable bonds is 18. The number of benzene rings is 2. The highest BCUT2D eigenvalue weighted by molar-refractivity contribution is 9.09. The van der Waals surface area contributed by atoms with E-state index in [9.17, 15) is 19.5 Å². The lowest BCUT2D eigenvalue weighted by Gasteiger charge is -2.39. The van der Waals surface area contributed by atoms with Gasteiger partial charge in [0.15, 0.2) is 0 Å². The predicted octanol–water partition coefficient (Wildman–Crippen LogP) is 4.42. The number of carbonyl (C=O) groups is 4. The molecule has 280 valence electrons. The van der Waals surface area contributed by atoms with E-state index in [-0.39, 0.29) is 42.6 Å². The fraction of sp³-hybridized carbons (Fsp3) is 0.500. The molecule has 2 aromatic carbocycles. The SMILES string of the molecule is C=CCCC(=O)NC[C@@H](C)OC(=O)[C@H]1[C@@H]2O[C@@]3(CC2Br)[C@@H]1C(=O)N([C@@H](CO)Cc1ccccc1)[C@@H]3C(=O)N(CC=C)c1ccc(N(CC)CC)cc1. The largest absolute Gasteiger partial charge is 0.460 e. The summed E-state index contributed by atoms with van der Waals surface area (Å²) >= 11 is 3.72. The fourth-order valence-corrected chi connectivity index (χ4v) is 9.02. The molecule has 2 bridgehead atoms. The average Bonchev–Trinajstić information content (AvgIpc) is 3.75. The number of esters is 1. The van der Waals surface area contributed by atoms with Crippen LogP contribution in [0, 0.1) is 11.8 Å². The van der Waals surface area contributed by atoms with E-state index in [4.69, 9.17) is 9.47 Å². The first-order chi connectivity index (χ1) is 25.0. The molecule has 3 amide bonds. The van der Waals surface area contributed by atoms with Crippen molar-refractivity contribution in [2.75, 3.05) is 42.6 Å². The molecule has 0 radical (unpaired) electrons. The number of fused-ring (bicyclic) bond motifs is 1. The van der Waals surface area contributed by atoms with Gasteiger partial charge in [0.1, 0.15) is 17.7 Å². The molecule has 0 saturated carbocycles. The lowest BCUT2D eigenvalue weighted by atomic mass is 9.70. The van der Waals surface area contributed by atoms with Crippen LogP contribution in [-0.4, -0.2) is 101 Å². The van der Waals surface area contributed by atoms with Gasteiger partial charge in [-0.15, -0.1) is 13.2 Å². The third-order valence-electron chi connectivity index (χ3n) is 10.5. The van der Waals surface area contributed by atoms with Crippen molar-refractivity contribution in [3.63, 3.8) is 0 Å². The zero-order valence-corrected chi connectivity index (χ0v) is 31.9. The molecule has 3 saturated heterocycles. The van der Waals surface area contributed by atoms with E-state index in [1.165, 1.54) is 4.90 Å². The lowest BCUT2D eigenvalue weighted by molar-refractivity contribution is -0.159. The summed E-state index contributed by atoms with van der Waals surface area (Å²) in [6.45, 7) is 14.9. The Hall–Kier alpha value is -4.00. The van der Waals surface area contributed by atoms with Gasteiger partial charge in [0.25, 0.3) is 5.91 Å². The molecular weight excluding hydrogens is 728 g/mol. The van der Waals surface area contributed by atoms with Gasteiger partial charge in [-0.3, -0.25) is 19.2 Å². The maximum Gasteiger partial charge on any atom is 0.312 e. The van der Waals surface area contributed by atoms with E-state index in [1.807, 2.05) is 54.6 Å². The molecule has 3 fully saturated rings. The number of nitrogens with zero attached hydrogens (tertiary/aromatic N) is 3. The number of anilines is 2. The Kier molecular flexibility index (Phi) is 13.0. The van der Waals surface area contributed by atoms with Crippen LogP contribution in [0.2, 0.25) is 0 Å². The molecular formula is C40H51BrN4O7. The molecule has 8 atom stereocenters. The van der Waals surface area contributed by atoms with Crippen molar-refractivity contribution < 1.29 is 33.8 Å². The van der Waals surface area contributed by atoms with Crippen LogP contribution in [0.4, 0.5) is 11.4 Å². The Morgan fingerprint density at radius 2 is 1.77 bits per heavy atom. The molecule has 52 heavy (non-hydrogen) atoms. The molecule has 5 rings (SSSR count). The number of alkyl halides is 1. The van der Waals surface area contributed by atoms with Gasteiger partial charge in [-0.1, -0.05) is 58.4 Å². The number of likely N-dealkylation sites (tertiary alicyclic amines) is 1. The van der Waals surface area contributed by atoms with Crippen molar-refractivity contribution in [1.82, 2.24) is 10.2 Å². The van der Waals surface area contributed by atoms with Crippen molar-refractivity contribution in [2.45, 2.75) is 81.2 Å². The normalized spacial score (nSPS) is 25.6. The number of aliphatic hydroxyl groups is 1. The highest BCUT2D eigenvalue weighted by Gasteiger charge is 2.77. The van der Waals surface area contributed by atoms with Gasteiger partial charge in [0, 0.05) is 42.3 Å². The number of hydrogen-bond donors (Lipinski definition) is 2. The van der Waals surface area contributed by atoms with Crippen LogP contribution in [0.25, 0.3) is 0 Å². The van der Waals surface area contributed by atoms with Crippen molar-refractivity contribution in [3.8, 4) is 0 Å². The van der Waals surface area contributed by atoms with E-state index >= 15 is 4.79 Å². The number of aliphatic hydroxyl groups excluding tert-OH is 1. The highest BCUT2D eigenvalue weighted by Crippen LogP contribution is 2.61. The number of carbonyl (C=O) groups excluding carboxylic acids is 4. The second-order valence-electron chi connectivity index (χ2n) is 13.7. The summed E-state index contributed by atoms with van der Waals surface area (Å²) < 4.78 is 12.6. The minimum absolute atomic E-state index is 0.0991. The summed E-state index contributed by atoms with van der Waals surface area (Å²) in [6.07, 6.45) is 3.28. The summed E-state index contributed by atoms with van der Waals surface area (Å²) in [5.41, 5.74) is 1.16. The molecule has 1 spiro atoms. The number of amides is 3. The average molecular weight is 780 g/mol. The number of nitrogens with one attached hydrogen (secondary N) is 1. The minimum atomic E-state index is -1.37. The molecule has 3 heterocycles. The lowest BCUT2D eigenvalue weighted by Crippen LogP contribution is -2.59. The van der Waals surface area contributed by atoms with Crippen LogP contribution in [0.3, 0.4) is 0 Å². The molecule has 0 aliphatic carbocycles. The van der Waals surface area contributed by atoms with Gasteiger partial charge in [0.2, 0.25) is 11.8 Å². The molecule has 0 aromatic heterocycles. The smallest absolute Gasteiger partial charge is 0.312 e. The van der Waals surface area contributed by atoms with E-state index in [0.717, 1.165) is 24.3 Å². The van der Waals surface area contributed by atoms with E-state index < -0.39 is 60.2 Å². The van der Waals surface area contributed by atoms with Gasteiger partial charge >= 0.3 is 5.97 Å². The highest BCUT2D eigenvalue weighted by atomic mass is 79.9. The molecule has 3 aliphatic heterocycles. The standard InChI is InChI=1S/C40H51BrN4O7/c1-6-10-16-32(47)42-24-26(5)51-39(50)33-34-37(48)45(30(25-46)22-27-14-12-11-13-15-27)36(40(34)23-31(41)35(33)52-40)38(49)44(21-7-2)29-19-17-28(18-20-29)43(8-3)9-4/h6-7,11-15,17-20,26,30-31,33-36,46H,1-2,8-10,16,21-25H2,3-5H3,(H,42,47)/t26-,30-,31?,33-,34+,35-,36-,40+/m1/s1. The molecule has 11 nitrogen and oxygen atoms in total. The van der Waals surface area contributed by atoms with Crippen LogP contribution in [0.15, 0.2) is 79.9 Å². The molecule has 2 N–H and O–H groups in total. The minimum Gasteiger partial charge on any atom is -0.460 e. The van der Waals surface area contributed by atoms with Crippen molar-refractivity contribution in [2.24, 2.45) is 11.8 Å². The van der Waals surface area contributed by atoms with Gasteiger partial charge in [0.05, 0.1) is 37.1 Å². The number of hydrogen-bond acceptors (Lipinski definition) is 8. The van der Waals surface area contributed by atoms with Crippen LogP contribution in [0.5, 0.6) is 0 Å². The Morgan fingerprint density at radius 3 is 2.38 bits per heavy atom. The Morgan fingerprint density at radius 1 is 1.10 bits per heavy atom. The van der Waals surface area contributed by atoms with Crippen LogP contribution in [-0.2, 0) is 35.1 Å². The molecule has 2 aromatic rings. The summed E-state index contributed by atoms with van der Waals surface area (Å²) in [7, 11) is 0. The molecule has 1 unspecified atom stereocenters. The zero-order chi connectivity index (χ0) is 37.6. The Balaban J connectivity index is 1.51. The fourth-order valence-electron chi connectivity index (χ4n) is 8.08. The third-order valence-corrected chi connectivity index (χ3v) is 11.3. The summed E-state index contributed by atoms with van der Waals surface area (Å²) in [4.78, 5) is 61.1. The maximum absolute atomic E-state index is 15.1. The van der Waals surface area contributed by atoms with E-state index in [0.29, 0.717) is 18.5 Å². The quantitative estimate of drug-likeness (QED) is 0.129. The first-order valence-electron chi connectivity index (χ1n) is 18.2. The summed E-state index contributed by atoms with van der Waals surface area (Å²) in [6, 6.07) is 15.3. The molecule has 12 heteroatoms. The van der Waals surface area contributed by atoms with E-state index in [1.54, 1.807) is 24.0 Å². The van der Waals surface area contributed by atoms with Gasteiger partial charge in [-0.2, -0.15) is 0 Å². The first kappa shape index (κ1) is 39.2. The van der Waals surface area contributed by atoms with Crippen molar-refractivity contribution >= 4 is 51.0 Å². The number of ether oxygens (including phenoxy) is 2. The van der Waals surface area contributed by atoms with Gasteiger partial charge < -0.3 is 34.6 Å². The molecule has 3 aliphatic rings. The monoisotopic (exact) mass is 778 g/mol. The second-order valence-corrected chi connectivity index (χ2v) is 14.9. The Bertz CT molecular complexity index is 1600. The van der Waals surface area contributed by atoms with Crippen LogP contribution < -0.4 is 15.1 Å². The number of halogens is 1. The summed E-state index contributed by atoms with van der Waals surface area (Å²) in [5.74, 6) is -3.67. The summed E-state index contributed by atoms with van der Waals surface area (Å²) in [5, 5.41) is 13.6. The number of allylic oxidation sites excluding steroid dienone is 1. The first-order valence-corrected chi connectivity index (χ1v) is 19.1. The van der Waals surface area contributed by atoms with Crippen molar-refractivity contribution in [3.05, 3.63) is 85.5 Å². The van der Waals surface area contributed by atoms with Crippen LogP contribution >= 0.6 is 15.9 Å².